The number of Topliss-reactive ketones (excluding diaryl/α,β-unsaturated/α-hetero) is 1. The van der Waals surface area contributed by atoms with Crippen molar-refractivity contribution in [2.75, 3.05) is 39.9 Å². The van der Waals surface area contributed by atoms with Gasteiger partial charge >= 0.3 is 5.97 Å². The maximum atomic E-state index is 13.2. The highest BCUT2D eigenvalue weighted by Crippen LogP contribution is 2.39. The van der Waals surface area contributed by atoms with Gasteiger partial charge in [0.15, 0.2) is 0 Å². The number of nitrogens with zero attached hydrogens (tertiary/aromatic N) is 2. The van der Waals surface area contributed by atoms with Gasteiger partial charge < -0.3 is 24.4 Å². The fourth-order valence-electron chi connectivity index (χ4n) is 4.27. The van der Waals surface area contributed by atoms with Crippen LogP contribution in [0.5, 0.6) is 5.75 Å². The molecule has 1 atom stereocenters. The molecule has 0 aliphatic carbocycles. The van der Waals surface area contributed by atoms with Crippen LogP contribution in [0.4, 0.5) is 0 Å². The number of ketones is 1. The van der Waals surface area contributed by atoms with Crippen molar-refractivity contribution in [1.29, 1.82) is 0 Å². The highest BCUT2D eigenvalue weighted by molar-refractivity contribution is 6.46. The van der Waals surface area contributed by atoms with Crippen LogP contribution in [0.3, 0.4) is 0 Å². The summed E-state index contributed by atoms with van der Waals surface area (Å²) in [5, 5.41) is 11.3. The van der Waals surface area contributed by atoms with Crippen molar-refractivity contribution < 1.29 is 29.0 Å². The molecule has 0 spiro atoms. The number of aliphatic hydroxyl groups excluding tert-OH is 1. The van der Waals surface area contributed by atoms with E-state index in [1.807, 2.05) is 20.8 Å². The Morgan fingerprint density at radius 2 is 1.72 bits per heavy atom. The van der Waals surface area contributed by atoms with E-state index >= 15 is 0 Å². The molecule has 0 aromatic heterocycles. The van der Waals surface area contributed by atoms with Crippen molar-refractivity contribution in [3.63, 3.8) is 0 Å². The van der Waals surface area contributed by atoms with Crippen LogP contribution in [-0.2, 0) is 14.3 Å². The van der Waals surface area contributed by atoms with Crippen molar-refractivity contribution in [1.82, 2.24) is 9.80 Å². The van der Waals surface area contributed by atoms with E-state index in [1.165, 1.54) is 12.0 Å². The standard InChI is InChI=1S/C28H34N2O6/c1-5-17-36-22-10-8-9-21(18-22)25(31)23-24(19-11-13-20(14-12-19)28(34)35-4)30(27(33)26(23)32)16-15-29(6-2)7-3/h8-14,18,24,31H,5-7,15-17H2,1-4H3. The number of hydrogen-bond acceptors (Lipinski definition) is 7. The maximum absolute atomic E-state index is 13.2. The quantitative estimate of drug-likeness (QED) is 0.218. The van der Waals surface area contributed by atoms with Crippen molar-refractivity contribution in [3.8, 4) is 5.75 Å². The number of rotatable bonds is 11. The van der Waals surface area contributed by atoms with Crippen LogP contribution in [0, 0.1) is 0 Å². The Bertz CT molecular complexity index is 1120. The number of methoxy groups -OCH3 is 1. The number of esters is 1. The molecule has 0 radical (unpaired) electrons. The van der Waals surface area contributed by atoms with E-state index < -0.39 is 23.7 Å². The second-order valence-corrected chi connectivity index (χ2v) is 8.51. The van der Waals surface area contributed by atoms with E-state index in [-0.39, 0.29) is 11.3 Å². The largest absolute Gasteiger partial charge is 0.507 e. The average molecular weight is 495 g/mol. The van der Waals surface area contributed by atoms with Crippen molar-refractivity contribution in [2.24, 2.45) is 0 Å². The van der Waals surface area contributed by atoms with Gasteiger partial charge in [0, 0.05) is 18.7 Å². The molecular weight excluding hydrogens is 460 g/mol. The summed E-state index contributed by atoms with van der Waals surface area (Å²) in [6.45, 7) is 9.10. The zero-order valence-corrected chi connectivity index (χ0v) is 21.3. The minimum absolute atomic E-state index is 0.0120. The molecule has 3 rings (SSSR count). The van der Waals surface area contributed by atoms with Gasteiger partial charge in [0.25, 0.3) is 11.7 Å². The van der Waals surface area contributed by atoms with E-state index in [9.17, 15) is 19.5 Å². The third-order valence-electron chi connectivity index (χ3n) is 6.32. The SMILES string of the molecule is CCCOc1cccc(C(O)=C2C(=O)C(=O)N(CCN(CC)CC)C2c2ccc(C(=O)OC)cc2)c1. The molecule has 1 heterocycles. The molecule has 1 amide bonds. The van der Waals surface area contributed by atoms with Crippen LogP contribution >= 0.6 is 0 Å². The summed E-state index contributed by atoms with van der Waals surface area (Å²) in [5.41, 5.74) is 1.36. The molecule has 192 valence electrons. The van der Waals surface area contributed by atoms with Crippen LogP contribution < -0.4 is 4.74 Å². The van der Waals surface area contributed by atoms with Crippen LogP contribution in [-0.4, -0.2) is 72.5 Å². The average Bonchev–Trinajstić information content (AvgIpc) is 3.16. The van der Waals surface area contributed by atoms with Crippen LogP contribution in [0.25, 0.3) is 5.76 Å². The third-order valence-corrected chi connectivity index (χ3v) is 6.32. The first-order valence-electron chi connectivity index (χ1n) is 12.3. The van der Waals surface area contributed by atoms with E-state index in [0.29, 0.717) is 42.1 Å². The number of hydrogen-bond donors (Lipinski definition) is 1. The molecule has 1 aliphatic heterocycles. The van der Waals surface area contributed by atoms with Crippen LogP contribution in [0.1, 0.15) is 54.7 Å². The number of carbonyl (C=O) groups is 3. The van der Waals surface area contributed by atoms with E-state index in [2.05, 4.69) is 4.90 Å². The molecule has 8 heteroatoms. The second-order valence-electron chi connectivity index (χ2n) is 8.51. The molecular formula is C28H34N2O6. The van der Waals surface area contributed by atoms with Gasteiger partial charge in [-0.15, -0.1) is 0 Å². The Hall–Kier alpha value is -3.65. The molecule has 1 unspecified atom stereocenters. The van der Waals surface area contributed by atoms with Gasteiger partial charge in [-0.2, -0.15) is 0 Å². The Morgan fingerprint density at radius 3 is 2.33 bits per heavy atom. The molecule has 0 saturated carbocycles. The first-order chi connectivity index (χ1) is 17.4. The molecule has 36 heavy (non-hydrogen) atoms. The second kappa shape index (κ2) is 12.4. The fourth-order valence-corrected chi connectivity index (χ4v) is 4.27. The number of aliphatic hydroxyl groups is 1. The van der Waals surface area contributed by atoms with E-state index in [1.54, 1.807) is 48.5 Å². The van der Waals surface area contributed by atoms with Gasteiger partial charge in [0.05, 0.1) is 30.9 Å². The number of ether oxygens (including phenoxy) is 2. The molecule has 1 saturated heterocycles. The normalized spacial score (nSPS) is 17.0. The highest BCUT2D eigenvalue weighted by Gasteiger charge is 2.46. The number of amides is 1. The predicted octanol–water partition coefficient (Wildman–Crippen LogP) is 4.03. The molecule has 2 aromatic carbocycles. The number of benzene rings is 2. The van der Waals surface area contributed by atoms with Gasteiger partial charge in [0.2, 0.25) is 0 Å². The van der Waals surface area contributed by atoms with Gasteiger partial charge in [-0.1, -0.05) is 45.0 Å². The highest BCUT2D eigenvalue weighted by atomic mass is 16.5. The number of likely N-dealkylation sites (tertiary alicyclic amines) is 1. The molecule has 2 aromatic rings. The third kappa shape index (κ3) is 5.76. The molecule has 1 fully saturated rings. The molecule has 8 nitrogen and oxygen atoms in total. The summed E-state index contributed by atoms with van der Waals surface area (Å²) in [6, 6.07) is 12.6. The summed E-state index contributed by atoms with van der Waals surface area (Å²) in [7, 11) is 1.30. The summed E-state index contributed by atoms with van der Waals surface area (Å²) in [5.74, 6) is -1.59. The van der Waals surface area contributed by atoms with Crippen molar-refractivity contribution >= 4 is 23.4 Å². The Morgan fingerprint density at radius 1 is 1.03 bits per heavy atom. The van der Waals surface area contributed by atoms with Crippen LogP contribution in [0.2, 0.25) is 0 Å². The Labute approximate surface area is 212 Å². The number of likely N-dealkylation sites (N-methyl/N-ethyl adjacent to an activating group) is 1. The maximum Gasteiger partial charge on any atom is 0.337 e. The lowest BCUT2D eigenvalue weighted by Gasteiger charge is -2.28. The van der Waals surface area contributed by atoms with Gasteiger partial charge in [-0.3, -0.25) is 9.59 Å². The summed E-state index contributed by atoms with van der Waals surface area (Å²) in [4.78, 5) is 42.0. The van der Waals surface area contributed by atoms with Gasteiger partial charge in [-0.25, -0.2) is 4.79 Å². The first kappa shape index (κ1) is 26.9. The minimum atomic E-state index is -0.799. The van der Waals surface area contributed by atoms with Gasteiger partial charge in [-0.05, 0) is 49.3 Å². The van der Waals surface area contributed by atoms with Crippen molar-refractivity contribution in [3.05, 3.63) is 70.8 Å². The van der Waals surface area contributed by atoms with Gasteiger partial charge in [0.1, 0.15) is 11.5 Å². The molecule has 0 bridgehead atoms. The lowest BCUT2D eigenvalue weighted by Crippen LogP contribution is -2.38. The van der Waals surface area contributed by atoms with Crippen molar-refractivity contribution in [2.45, 2.75) is 33.2 Å². The topological polar surface area (TPSA) is 96.4 Å². The van der Waals surface area contributed by atoms with E-state index in [0.717, 1.165) is 19.5 Å². The molecule has 1 aliphatic rings. The van der Waals surface area contributed by atoms with Crippen LogP contribution in [0.15, 0.2) is 54.1 Å². The zero-order chi connectivity index (χ0) is 26.2. The lowest BCUT2D eigenvalue weighted by molar-refractivity contribution is -0.140. The first-order valence-corrected chi connectivity index (χ1v) is 12.3. The summed E-state index contributed by atoms with van der Waals surface area (Å²) >= 11 is 0. The smallest absolute Gasteiger partial charge is 0.337 e. The predicted molar refractivity (Wildman–Crippen MR) is 137 cm³/mol. The van der Waals surface area contributed by atoms with E-state index in [4.69, 9.17) is 9.47 Å². The zero-order valence-electron chi connectivity index (χ0n) is 21.3. The summed E-state index contributed by atoms with van der Waals surface area (Å²) < 4.78 is 10.5. The molecule has 1 N–H and O–H groups in total. The monoisotopic (exact) mass is 494 g/mol. The summed E-state index contributed by atoms with van der Waals surface area (Å²) in [6.07, 6.45) is 0.829. The Balaban J connectivity index is 2.08. The minimum Gasteiger partial charge on any atom is -0.507 e. The number of carbonyl (C=O) groups excluding carboxylic acids is 3. The Kier molecular flexibility index (Phi) is 9.25. The lowest BCUT2D eigenvalue weighted by atomic mass is 9.94. The fraction of sp³-hybridized carbons (Fsp3) is 0.393.